The molecule has 0 aromatic rings. The smallest absolute Gasteiger partial charge is 0.249 e. The van der Waals surface area contributed by atoms with Crippen LogP contribution >= 0.6 is 0 Å². The minimum absolute atomic E-state index is 0.308. The Morgan fingerprint density at radius 3 is 0.918 bits per heavy atom. The van der Waals surface area contributed by atoms with Gasteiger partial charge < -0.3 is 20.6 Å². The fourth-order valence-electron chi connectivity index (χ4n) is 7.19. The topological polar surface area (TPSA) is 89.8 Å². The van der Waals surface area contributed by atoms with E-state index in [9.17, 15) is 20.1 Å². The SMILES string of the molecule is CCCCCCCCCCCCCCCCCCCCC(O)C(CO)NC(=O)C(O)CCCCCCCCCCCCCCCCCCC. The molecule has 0 bridgehead atoms. The second kappa shape index (κ2) is 40.1. The van der Waals surface area contributed by atoms with Crippen molar-refractivity contribution >= 4 is 5.91 Å². The number of rotatable bonds is 41. The van der Waals surface area contributed by atoms with Gasteiger partial charge in [-0.2, -0.15) is 0 Å². The van der Waals surface area contributed by atoms with Gasteiger partial charge in [-0.15, -0.1) is 0 Å². The zero-order chi connectivity index (χ0) is 35.9. The third-order valence-electron chi connectivity index (χ3n) is 10.7. The molecule has 0 aliphatic heterocycles. The number of amides is 1. The van der Waals surface area contributed by atoms with Crippen molar-refractivity contribution in [1.82, 2.24) is 5.32 Å². The summed E-state index contributed by atoms with van der Waals surface area (Å²) >= 11 is 0. The highest BCUT2D eigenvalue weighted by atomic mass is 16.3. The average Bonchev–Trinajstić information content (AvgIpc) is 3.11. The van der Waals surface area contributed by atoms with Gasteiger partial charge in [0.1, 0.15) is 6.10 Å². The Morgan fingerprint density at radius 2 is 0.653 bits per heavy atom. The van der Waals surface area contributed by atoms with E-state index in [0.29, 0.717) is 12.8 Å². The van der Waals surface area contributed by atoms with Crippen molar-refractivity contribution in [2.75, 3.05) is 6.61 Å². The predicted molar refractivity (Wildman–Crippen MR) is 213 cm³/mol. The maximum atomic E-state index is 12.5. The summed E-state index contributed by atoms with van der Waals surface area (Å²) in [6.07, 6.45) is 45.3. The van der Waals surface area contributed by atoms with Gasteiger partial charge in [0.25, 0.3) is 0 Å². The lowest BCUT2D eigenvalue weighted by Crippen LogP contribution is -2.49. The molecule has 5 nitrogen and oxygen atoms in total. The molecule has 0 saturated carbocycles. The zero-order valence-electron chi connectivity index (χ0n) is 33.4. The van der Waals surface area contributed by atoms with E-state index < -0.39 is 24.2 Å². The van der Waals surface area contributed by atoms with Gasteiger partial charge in [-0.1, -0.05) is 239 Å². The number of aliphatic hydroxyl groups is 3. The van der Waals surface area contributed by atoms with Crippen LogP contribution in [0.25, 0.3) is 0 Å². The van der Waals surface area contributed by atoms with E-state index in [1.54, 1.807) is 0 Å². The number of nitrogens with one attached hydrogen (secondary N) is 1. The molecule has 0 aromatic carbocycles. The molecule has 0 fully saturated rings. The molecular formula is C44H89NO4. The number of hydrogen-bond donors (Lipinski definition) is 4. The van der Waals surface area contributed by atoms with E-state index >= 15 is 0 Å². The van der Waals surface area contributed by atoms with Crippen molar-refractivity contribution in [3.8, 4) is 0 Å². The largest absolute Gasteiger partial charge is 0.394 e. The van der Waals surface area contributed by atoms with Gasteiger partial charge in [0, 0.05) is 0 Å². The summed E-state index contributed by atoms with van der Waals surface area (Å²) in [6, 6.07) is -0.705. The second-order valence-corrected chi connectivity index (χ2v) is 15.6. The first-order valence-corrected chi connectivity index (χ1v) is 22.3. The Bertz CT molecular complexity index is 644. The molecule has 0 radical (unpaired) electrons. The predicted octanol–water partition coefficient (Wildman–Crippen LogP) is 12.7. The van der Waals surface area contributed by atoms with Crippen LogP contribution in [0, 0.1) is 0 Å². The summed E-state index contributed by atoms with van der Waals surface area (Å²) in [6.45, 7) is 4.25. The van der Waals surface area contributed by atoms with E-state index in [-0.39, 0.29) is 6.61 Å². The molecule has 0 aliphatic rings. The van der Waals surface area contributed by atoms with Gasteiger partial charge in [-0.25, -0.2) is 0 Å². The van der Waals surface area contributed by atoms with Crippen molar-refractivity contribution in [3.05, 3.63) is 0 Å². The van der Waals surface area contributed by atoms with Crippen LogP contribution in [-0.4, -0.2) is 46.1 Å². The highest BCUT2D eigenvalue weighted by molar-refractivity contribution is 5.80. The fraction of sp³-hybridized carbons (Fsp3) is 0.977. The summed E-state index contributed by atoms with van der Waals surface area (Å²) in [5.74, 6) is -0.465. The quantitative estimate of drug-likeness (QED) is 0.0479. The van der Waals surface area contributed by atoms with Gasteiger partial charge >= 0.3 is 0 Å². The third-order valence-corrected chi connectivity index (χ3v) is 10.7. The Morgan fingerprint density at radius 1 is 0.408 bits per heavy atom. The van der Waals surface area contributed by atoms with Crippen LogP contribution < -0.4 is 5.32 Å². The minimum atomic E-state index is -1.07. The van der Waals surface area contributed by atoms with Crippen molar-refractivity contribution < 1.29 is 20.1 Å². The van der Waals surface area contributed by atoms with E-state index in [4.69, 9.17) is 0 Å². The highest BCUT2D eigenvalue weighted by Gasteiger charge is 2.23. The van der Waals surface area contributed by atoms with Crippen LogP contribution in [0.1, 0.15) is 251 Å². The first-order valence-electron chi connectivity index (χ1n) is 22.3. The van der Waals surface area contributed by atoms with Crippen molar-refractivity contribution in [3.63, 3.8) is 0 Å². The molecule has 5 heteroatoms. The summed E-state index contributed by atoms with van der Waals surface area (Å²) < 4.78 is 0. The molecule has 3 atom stereocenters. The van der Waals surface area contributed by atoms with Gasteiger partial charge in [0.05, 0.1) is 18.8 Å². The first-order chi connectivity index (χ1) is 24.1. The molecule has 0 aliphatic carbocycles. The second-order valence-electron chi connectivity index (χ2n) is 15.6. The monoisotopic (exact) mass is 696 g/mol. The van der Waals surface area contributed by atoms with Crippen LogP contribution in [0.4, 0.5) is 0 Å². The van der Waals surface area contributed by atoms with Crippen LogP contribution in [-0.2, 0) is 4.79 Å². The minimum Gasteiger partial charge on any atom is -0.394 e. The van der Waals surface area contributed by atoms with Crippen molar-refractivity contribution in [2.45, 2.75) is 270 Å². The van der Waals surface area contributed by atoms with Gasteiger partial charge in [0.2, 0.25) is 5.91 Å². The molecule has 0 rings (SSSR count). The van der Waals surface area contributed by atoms with Crippen molar-refractivity contribution in [1.29, 1.82) is 0 Å². The molecule has 49 heavy (non-hydrogen) atoms. The lowest BCUT2D eigenvalue weighted by molar-refractivity contribution is -0.131. The van der Waals surface area contributed by atoms with Crippen LogP contribution in [0.2, 0.25) is 0 Å². The van der Waals surface area contributed by atoms with Gasteiger partial charge in [-0.3, -0.25) is 4.79 Å². The molecular weight excluding hydrogens is 606 g/mol. The van der Waals surface area contributed by atoms with Gasteiger partial charge in [0.15, 0.2) is 0 Å². The molecule has 0 aromatic heterocycles. The summed E-state index contributed by atoms with van der Waals surface area (Å²) in [7, 11) is 0. The molecule has 4 N–H and O–H groups in total. The number of carbonyl (C=O) groups excluding carboxylic acids is 1. The average molecular weight is 696 g/mol. The lowest BCUT2D eigenvalue weighted by atomic mass is 10.0. The molecule has 1 amide bonds. The van der Waals surface area contributed by atoms with Gasteiger partial charge in [-0.05, 0) is 12.8 Å². The maximum absolute atomic E-state index is 12.5. The summed E-state index contributed by atoms with van der Waals surface area (Å²) in [4.78, 5) is 12.5. The molecule has 0 heterocycles. The summed E-state index contributed by atoms with van der Waals surface area (Å²) in [5.41, 5.74) is 0. The normalized spacial score (nSPS) is 13.5. The van der Waals surface area contributed by atoms with Crippen LogP contribution in [0.5, 0.6) is 0 Å². The lowest BCUT2D eigenvalue weighted by Gasteiger charge is -2.23. The van der Waals surface area contributed by atoms with E-state index in [2.05, 4.69) is 19.2 Å². The standard InChI is InChI=1S/C44H89NO4/c1-3-5-7-9-11-13-15-17-19-21-23-24-26-28-30-32-34-36-38-42(47)41(40-46)45-44(49)43(48)39-37-35-33-31-29-27-25-22-20-18-16-14-12-10-8-6-4-2/h41-43,46-48H,3-40H2,1-2H3,(H,45,49). The first kappa shape index (κ1) is 48.3. The Balaban J connectivity index is 3.58. The molecule has 0 spiro atoms. The van der Waals surface area contributed by atoms with Crippen molar-refractivity contribution in [2.24, 2.45) is 0 Å². The van der Waals surface area contributed by atoms with E-state index in [0.717, 1.165) is 32.1 Å². The molecule has 0 saturated heterocycles. The zero-order valence-corrected chi connectivity index (χ0v) is 33.4. The Hall–Kier alpha value is -0.650. The number of carbonyl (C=O) groups is 1. The highest BCUT2D eigenvalue weighted by Crippen LogP contribution is 2.17. The number of unbranched alkanes of at least 4 members (excludes halogenated alkanes) is 33. The van der Waals surface area contributed by atoms with E-state index in [1.165, 1.54) is 193 Å². The molecule has 3 unspecified atom stereocenters. The fourth-order valence-corrected chi connectivity index (χ4v) is 7.19. The Kier molecular flexibility index (Phi) is 39.6. The maximum Gasteiger partial charge on any atom is 0.249 e. The number of aliphatic hydroxyl groups excluding tert-OH is 3. The molecule has 294 valence electrons. The summed E-state index contributed by atoms with van der Waals surface area (Å²) in [5, 5.41) is 33.3. The number of hydrogen-bond acceptors (Lipinski definition) is 4. The van der Waals surface area contributed by atoms with Crippen LogP contribution in [0.3, 0.4) is 0 Å². The third kappa shape index (κ3) is 35.5. The van der Waals surface area contributed by atoms with Crippen LogP contribution in [0.15, 0.2) is 0 Å². The Labute approximate surface area is 307 Å². The van der Waals surface area contributed by atoms with E-state index in [1.807, 2.05) is 0 Å².